The second-order valence-electron chi connectivity index (χ2n) is 9.10. The van der Waals surface area contributed by atoms with Crippen LogP contribution in [0, 0.1) is 27.4 Å². The van der Waals surface area contributed by atoms with E-state index in [4.69, 9.17) is 39.9 Å². The van der Waals surface area contributed by atoms with Crippen LogP contribution in [-0.4, -0.2) is 12.4 Å². The number of hydrogen-bond donors (Lipinski definition) is 1. The molecule has 0 aliphatic carbocycles. The standard InChI is InChI=1S/C28H27N2P.C4H7O.3ClH.Cr/c1-21-13-10-11-20-26(21)28(29-27-22(2)14-12-15-23(27)3)30-31(24-16-6-4-7-17-24)25-18-8-5-9-19-25;1-2-4-5-3-1;;;;/h4-20H,1-3H3,(H,29,30);3H,1-2,4H2;3*1H;/q;-1;;;;+4/p-2. The first-order chi connectivity index (χ1) is 19.4. The molecule has 0 amide bonds. The Morgan fingerprint density at radius 3 is 1.70 bits per heavy atom. The van der Waals surface area contributed by atoms with E-state index in [1.807, 2.05) is 6.61 Å². The third-order valence-electron chi connectivity index (χ3n) is 6.13. The second-order valence-corrected chi connectivity index (χ2v) is 17.6. The number of hydrogen-bond acceptors (Lipinski definition) is 2. The Labute approximate surface area is 257 Å². The van der Waals surface area contributed by atoms with Gasteiger partial charge in [-0.3, -0.25) is 0 Å². The van der Waals surface area contributed by atoms with Gasteiger partial charge in [0.15, 0.2) is 13.9 Å². The molecule has 1 N–H and O–H groups in total. The summed E-state index contributed by atoms with van der Waals surface area (Å²) in [6.45, 7) is 9.21. The summed E-state index contributed by atoms with van der Waals surface area (Å²) in [7, 11) is 13.5. The fraction of sp³-hybridized carbons (Fsp3) is 0.188. The van der Waals surface area contributed by atoms with Crippen molar-refractivity contribution in [2.45, 2.75) is 33.6 Å². The maximum absolute atomic E-state index is 5.21. The Bertz CT molecular complexity index is 1270. The van der Waals surface area contributed by atoms with Gasteiger partial charge in [-0.2, -0.15) is 6.42 Å². The number of amidine groups is 1. The van der Waals surface area contributed by atoms with Crippen LogP contribution in [0.1, 0.15) is 35.1 Å². The van der Waals surface area contributed by atoms with Crippen LogP contribution < -0.4 is 15.7 Å². The number of aliphatic imine (C=N–C) groups is 1. The van der Waals surface area contributed by atoms with E-state index in [1.165, 1.54) is 33.7 Å². The van der Waals surface area contributed by atoms with E-state index in [1.54, 1.807) is 0 Å². The first kappa shape index (κ1) is 32.7. The van der Waals surface area contributed by atoms with Crippen LogP contribution in [0.2, 0.25) is 0 Å². The van der Waals surface area contributed by atoms with Gasteiger partial charge in [-0.05, 0) is 61.7 Å². The van der Waals surface area contributed by atoms with Crippen molar-refractivity contribution >= 4 is 60.4 Å². The van der Waals surface area contributed by atoms with E-state index >= 15 is 0 Å². The van der Waals surface area contributed by atoms with Crippen molar-refractivity contribution in [2.24, 2.45) is 4.99 Å². The molecule has 0 bridgehead atoms. The van der Waals surface area contributed by atoms with E-state index in [2.05, 4.69) is 129 Å². The molecule has 5 rings (SSSR count). The van der Waals surface area contributed by atoms with Crippen molar-refractivity contribution in [2.75, 3.05) is 6.61 Å². The molecule has 1 fully saturated rings. The van der Waals surface area contributed by atoms with Crippen molar-refractivity contribution < 1.29 is 16.1 Å². The number of rotatable bonds is 5. The van der Waals surface area contributed by atoms with Crippen molar-refractivity contribution in [3.8, 4) is 0 Å². The minimum atomic E-state index is -1.62. The van der Waals surface area contributed by atoms with Crippen LogP contribution in [0.5, 0.6) is 0 Å². The van der Waals surface area contributed by atoms with E-state index < -0.39 is 19.5 Å². The van der Waals surface area contributed by atoms with Crippen molar-refractivity contribution in [3.05, 3.63) is 132 Å². The molecule has 1 aliphatic heterocycles. The Morgan fingerprint density at radius 2 is 1.25 bits per heavy atom. The normalized spacial score (nSPS) is 12.8. The molecular formula is C32H35Cl3CrN2OP+. The number of ether oxygens (including phenoxy) is 1. The number of nitrogens with zero attached hydrogens (tertiary/aromatic N) is 1. The molecule has 4 aromatic carbocycles. The topological polar surface area (TPSA) is 33.6 Å². The Kier molecular flexibility index (Phi) is 14.6. The number of aryl methyl sites for hydroxylation is 3. The third kappa shape index (κ3) is 10.8. The maximum atomic E-state index is 5.21. The summed E-state index contributed by atoms with van der Waals surface area (Å²) >= 11 is -1.62. The van der Waals surface area contributed by atoms with Gasteiger partial charge in [0.05, 0.1) is 5.69 Å². The van der Waals surface area contributed by atoms with Crippen molar-refractivity contribution in [1.82, 2.24) is 5.09 Å². The molecule has 1 heterocycles. The third-order valence-corrected chi connectivity index (χ3v) is 8.44. The van der Waals surface area contributed by atoms with Gasteiger partial charge in [-0.15, -0.1) is 0 Å². The van der Waals surface area contributed by atoms with Crippen LogP contribution >= 0.6 is 38.2 Å². The average Bonchev–Trinajstić information content (AvgIpc) is 3.54. The van der Waals surface area contributed by atoms with Gasteiger partial charge in [-0.1, -0.05) is 85.3 Å². The monoisotopic (exact) mass is 651 g/mol. The molecule has 0 atom stereocenters. The molecule has 0 unspecified atom stereocenters. The molecule has 3 nitrogen and oxygen atoms in total. The zero-order chi connectivity index (χ0) is 28.7. The van der Waals surface area contributed by atoms with Crippen LogP contribution in [0.15, 0.2) is 108 Å². The zero-order valence-corrected chi connectivity index (χ0v) is 27.5. The fourth-order valence-electron chi connectivity index (χ4n) is 4.14. The van der Waals surface area contributed by atoms with Crippen LogP contribution in [0.3, 0.4) is 0 Å². The SMILES string of the molecule is Cc1ccccc1C(=Nc1c(C)cccc1C)N[PH+](c1ccccc1)c1ccccc1.[CH-]1CCCO1.[Cl][Cr+]([Cl])[Cl]. The van der Waals surface area contributed by atoms with Gasteiger partial charge in [0.2, 0.25) is 0 Å². The van der Waals surface area contributed by atoms with Gasteiger partial charge >= 0.3 is 41.5 Å². The summed E-state index contributed by atoms with van der Waals surface area (Å²) in [5.41, 5.74) is 5.75. The molecule has 0 saturated carbocycles. The van der Waals surface area contributed by atoms with E-state index in [-0.39, 0.29) is 0 Å². The Morgan fingerprint density at radius 1 is 0.750 bits per heavy atom. The van der Waals surface area contributed by atoms with Gasteiger partial charge < -0.3 is 4.74 Å². The fourth-order valence-corrected chi connectivity index (χ4v) is 6.24. The molecule has 1 saturated heterocycles. The number of benzene rings is 4. The number of nitrogens with one attached hydrogen (secondary N) is 1. The number of halogens is 3. The summed E-state index contributed by atoms with van der Waals surface area (Å²) in [5.74, 6) is 0.928. The molecular weight excluding hydrogens is 618 g/mol. The van der Waals surface area contributed by atoms with Crippen molar-refractivity contribution in [3.63, 3.8) is 0 Å². The summed E-state index contributed by atoms with van der Waals surface area (Å²) in [4.78, 5) is 5.21. The molecule has 210 valence electrons. The van der Waals surface area contributed by atoms with Gasteiger partial charge in [0.1, 0.15) is 10.6 Å². The van der Waals surface area contributed by atoms with E-state index in [0.717, 1.165) is 30.1 Å². The first-order valence-corrected chi connectivity index (χ1v) is 19.7. The quantitative estimate of drug-likeness (QED) is 0.101. The van der Waals surface area contributed by atoms with Crippen LogP contribution in [0.25, 0.3) is 0 Å². The van der Waals surface area contributed by atoms with Crippen LogP contribution in [-0.2, 0) is 16.1 Å². The first-order valence-electron chi connectivity index (χ1n) is 13.0. The van der Waals surface area contributed by atoms with Gasteiger partial charge in [-0.25, -0.2) is 16.7 Å². The molecule has 40 heavy (non-hydrogen) atoms. The summed E-state index contributed by atoms with van der Waals surface area (Å²) in [6.07, 6.45) is 2.38. The number of para-hydroxylation sites is 1. The Balaban J connectivity index is 0.000000420. The molecule has 1 aliphatic rings. The second kappa shape index (κ2) is 17.8. The summed E-state index contributed by atoms with van der Waals surface area (Å²) in [5, 5.41) is 6.51. The average molecular weight is 653 g/mol. The van der Waals surface area contributed by atoms with Crippen molar-refractivity contribution in [1.29, 1.82) is 0 Å². The van der Waals surface area contributed by atoms with Gasteiger partial charge in [0.25, 0.3) is 0 Å². The minimum absolute atomic E-state index is 0.928. The predicted octanol–water partition coefficient (Wildman–Crippen LogP) is 9.08. The molecule has 4 aromatic rings. The zero-order valence-electron chi connectivity index (χ0n) is 22.9. The summed E-state index contributed by atoms with van der Waals surface area (Å²) in [6, 6.07) is 36.2. The van der Waals surface area contributed by atoms with Crippen LogP contribution in [0.4, 0.5) is 5.69 Å². The molecule has 0 aromatic heterocycles. The van der Waals surface area contributed by atoms with E-state index in [0.29, 0.717) is 0 Å². The Hall–Kier alpha value is -1.86. The summed E-state index contributed by atoms with van der Waals surface area (Å²) < 4.78 is 4.82. The molecule has 0 spiro atoms. The molecule has 8 heteroatoms. The van der Waals surface area contributed by atoms with Gasteiger partial charge in [0, 0.05) is 12.2 Å². The molecule has 0 radical (unpaired) electrons. The predicted molar refractivity (Wildman–Crippen MR) is 174 cm³/mol. The van der Waals surface area contributed by atoms with E-state index in [9.17, 15) is 0 Å².